The van der Waals surface area contributed by atoms with Crippen molar-refractivity contribution in [1.29, 1.82) is 0 Å². The first-order valence-corrected chi connectivity index (χ1v) is 8.32. The van der Waals surface area contributed by atoms with Gasteiger partial charge in [0.25, 0.3) is 0 Å². The molecule has 2 heterocycles. The molecule has 1 aliphatic rings. The lowest BCUT2D eigenvalue weighted by Crippen LogP contribution is -1.98. The molecule has 0 aliphatic heterocycles. The van der Waals surface area contributed by atoms with E-state index in [2.05, 4.69) is 29.2 Å². The number of hydrogen-bond donors (Lipinski definition) is 0. The number of fused-ring (bicyclic) bond motifs is 1. The van der Waals surface area contributed by atoms with Gasteiger partial charge in [-0.05, 0) is 32.8 Å². The maximum Gasteiger partial charge on any atom is 0.239 e. The normalized spacial score (nSPS) is 16.1. The van der Waals surface area contributed by atoms with E-state index in [-0.39, 0.29) is 5.25 Å². The highest BCUT2D eigenvalue weighted by atomic mass is 32.2. The molecule has 1 saturated carbocycles. The fourth-order valence-electron chi connectivity index (χ4n) is 2.37. The molecule has 0 amide bonds. The van der Waals surface area contributed by atoms with Crippen LogP contribution in [-0.2, 0) is 0 Å². The molecule has 5 nitrogen and oxygen atoms in total. The SMILES string of the molecule is Cc1noc([C@H](C)Sc2nc(C3CC3)nc3ccccc23)n1. The zero-order valence-corrected chi connectivity index (χ0v) is 13.3. The molecule has 0 radical (unpaired) electrons. The summed E-state index contributed by atoms with van der Waals surface area (Å²) in [4.78, 5) is 13.8. The zero-order chi connectivity index (χ0) is 15.1. The van der Waals surface area contributed by atoms with Crippen LogP contribution in [0.5, 0.6) is 0 Å². The molecule has 1 aliphatic carbocycles. The van der Waals surface area contributed by atoms with Crippen LogP contribution in [0.1, 0.15) is 48.5 Å². The van der Waals surface area contributed by atoms with Crippen molar-refractivity contribution in [2.45, 2.75) is 42.9 Å². The van der Waals surface area contributed by atoms with Crippen molar-refractivity contribution in [1.82, 2.24) is 20.1 Å². The van der Waals surface area contributed by atoms with Crippen LogP contribution in [0.3, 0.4) is 0 Å². The largest absolute Gasteiger partial charge is 0.338 e. The number of rotatable bonds is 4. The second-order valence-corrected chi connectivity index (χ2v) is 6.95. The van der Waals surface area contributed by atoms with E-state index < -0.39 is 0 Å². The van der Waals surface area contributed by atoms with E-state index in [1.54, 1.807) is 11.8 Å². The van der Waals surface area contributed by atoms with Crippen LogP contribution >= 0.6 is 11.8 Å². The molecule has 1 atom stereocenters. The highest BCUT2D eigenvalue weighted by Gasteiger charge is 2.28. The molecule has 22 heavy (non-hydrogen) atoms. The quantitative estimate of drug-likeness (QED) is 0.535. The summed E-state index contributed by atoms with van der Waals surface area (Å²) in [6, 6.07) is 8.16. The van der Waals surface area contributed by atoms with Crippen LogP contribution < -0.4 is 0 Å². The summed E-state index contributed by atoms with van der Waals surface area (Å²) in [6.45, 7) is 3.89. The maximum absolute atomic E-state index is 5.28. The number of benzene rings is 1. The highest BCUT2D eigenvalue weighted by Crippen LogP contribution is 2.41. The fourth-order valence-corrected chi connectivity index (χ4v) is 3.35. The number of hydrogen-bond acceptors (Lipinski definition) is 6. The van der Waals surface area contributed by atoms with Gasteiger partial charge in [0.15, 0.2) is 5.82 Å². The van der Waals surface area contributed by atoms with Gasteiger partial charge in [-0.3, -0.25) is 0 Å². The fraction of sp³-hybridized carbons (Fsp3) is 0.375. The lowest BCUT2D eigenvalue weighted by molar-refractivity contribution is 0.376. The van der Waals surface area contributed by atoms with Crippen molar-refractivity contribution in [3.63, 3.8) is 0 Å². The van der Waals surface area contributed by atoms with Crippen LogP contribution in [0.4, 0.5) is 0 Å². The Labute approximate surface area is 132 Å². The molecule has 2 aromatic heterocycles. The van der Waals surface area contributed by atoms with Crippen LogP contribution in [-0.4, -0.2) is 20.1 Å². The van der Waals surface area contributed by atoms with Crippen molar-refractivity contribution in [2.75, 3.05) is 0 Å². The zero-order valence-electron chi connectivity index (χ0n) is 12.5. The van der Waals surface area contributed by atoms with Gasteiger partial charge in [-0.1, -0.05) is 35.1 Å². The van der Waals surface area contributed by atoms with Gasteiger partial charge in [-0.2, -0.15) is 4.98 Å². The van der Waals surface area contributed by atoms with Gasteiger partial charge in [-0.25, -0.2) is 9.97 Å². The third kappa shape index (κ3) is 2.59. The molecule has 6 heteroatoms. The molecule has 0 N–H and O–H groups in total. The van der Waals surface area contributed by atoms with Gasteiger partial charge in [0, 0.05) is 11.3 Å². The third-order valence-corrected chi connectivity index (χ3v) is 4.80. The molecule has 0 saturated heterocycles. The van der Waals surface area contributed by atoms with Gasteiger partial charge in [0.1, 0.15) is 10.9 Å². The summed E-state index contributed by atoms with van der Waals surface area (Å²) < 4.78 is 5.28. The molecule has 0 spiro atoms. The standard InChI is InChI=1S/C16H16N4OS/c1-9(15-17-10(2)20-21-15)22-16-12-5-3-4-6-13(12)18-14(19-16)11-7-8-11/h3-6,9,11H,7-8H2,1-2H3/t9-/m0/s1. The minimum absolute atomic E-state index is 0.0616. The van der Waals surface area contributed by atoms with Crippen molar-refractivity contribution < 1.29 is 4.52 Å². The summed E-state index contributed by atoms with van der Waals surface area (Å²) >= 11 is 1.65. The lowest BCUT2D eigenvalue weighted by Gasteiger charge is -2.10. The monoisotopic (exact) mass is 312 g/mol. The predicted octanol–water partition coefficient (Wildman–Crippen LogP) is 4.05. The average Bonchev–Trinajstić information content (AvgIpc) is 3.28. The number of nitrogens with zero attached hydrogens (tertiary/aromatic N) is 4. The van der Waals surface area contributed by atoms with Crippen LogP contribution in [0.15, 0.2) is 33.8 Å². The molecule has 0 unspecified atom stereocenters. The van der Waals surface area contributed by atoms with Crippen molar-refractivity contribution in [3.05, 3.63) is 41.8 Å². The molecular weight excluding hydrogens is 296 g/mol. The topological polar surface area (TPSA) is 64.7 Å². The Morgan fingerprint density at radius 3 is 2.73 bits per heavy atom. The first-order chi connectivity index (χ1) is 10.7. The van der Waals surface area contributed by atoms with Gasteiger partial charge < -0.3 is 4.52 Å². The van der Waals surface area contributed by atoms with Crippen molar-refractivity contribution in [2.24, 2.45) is 0 Å². The third-order valence-electron chi connectivity index (χ3n) is 3.71. The molecule has 1 aromatic carbocycles. The van der Waals surface area contributed by atoms with E-state index >= 15 is 0 Å². The van der Waals surface area contributed by atoms with Gasteiger partial charge in [-0.15, -0.1) is 0 Å². The van der Waals surface area contributed by atoms with Gasteiger partial charge in [0.2, 0.25) is 5.89 Å². The molecule has 3 aromatic rings. The second-order valence-electron chi connectivity index (χ2n) is 5.62. The van der Waals surface area contributed by atoms with E-state index in [0.717, 1.165) is 21.8 Å². The van der Waals surface area contributed by atoms with Crippen LogP contribution in [0, 0.1) is 6.92 Å². The number of para-hydroxylation sites is 1. The summed E-state index contributed by atoms with van der Waals surface area (Å²) in [5, 5.41) is 6.01. The molecule has 0 bridgehead atoms. The van der Waals surface area contributed by atoms with Crippen LogP contribution in [0.25, 0.3) is 10.9 Å². The molecular formula is C16H16N4OS. The van der Waals surface area contributed by atoms with Crippen LogP contribution in [0.2, 0.25) is 0 Å². The van der Waals surface area contributed by atoms with E-state index in [0.29, 0.717) is 17.6 Å². The minimum Gasteiger partial charge on any atom is -0.338 e. The molecule has 4 rings (SSSR count). The first kappa shape index (κ1) is 13.7. The summed E-state index contributed by atoms with van der Waals surface area (Å²) in [6.07, 6.45) is 2.39. The first-order valence-electron chi connectivity index (χ1n) is 7.44. The van der Waals surface area contributed by atoms with Crippen molar-refractivity contribution in [3.8, 4) is 0 Å². The summed E-state index contributed by atoms with van der Waals surface area (Å²) in [5.74, 6) is 2.80. The Kier molecular flexibility index (Phi) is 3.33. The minimum atomic E-state index is 0.0616. The maximum atomic E-state index is 5.28. The smallest absolute Gasteiger partial charge is 0.239 e. The molecule has 112 valence electrons. The Bertz CT molecular complexity index is 828. The average molecular weight is 312 g/mol. The Balaban J connectivity index is 1.73. The van der Waals surface area contributed by atoms with E-state index in [4.69, 9.17) is 14.5 Å². The highest BCUT2D eigenvalue weighted by molar-refractivity contribution is 7.99. The Morgan fingerprint density at radius 2 is 2.00 bits per heavy atom. The van der Waals surface area contributed by atoms with E-state index in [9.17, 15) is 0 Å². The number of aryl methyl sites for hydroxylation is 1. The van der Waals surface area contributed by atoms with E-state index in [1.165, 1.54) is 12.8 Å². The second kappa shape index (κ2) is 5.35. The number of aromatic nitrogens is 4. The summed E-state index contributed by atoms with van der Waals surface area (Å²) in [7, 11) is 0. The number of thioether (sulfide) groups is 1. The Hall–Kier alpha value is -1.95. The Morgan fingerprint density at radius 1 is 1.18 bits per heavy atom. The van der Waals surface area contributed by atoms with Crippen molar-refractivity contribution >= 4 is 22.7 Å². The van der Waals surface area contributed by atoms with Gasteiger partial charge >= 0.3 is 0 Å². The molecule has 1 fully saturated rings. The lowest BCUT2D eigenvalue weighted by atomic mass is 10.2. The van der Waals surface area contributed by atoms with Gasteiger partial charge in [0.05, 0.1) is 10.8 Å². The van der Waals surface area contributed by atoms with E-state index in [1.807, 2.05) is 19.1 Å². The summed E-state index contributed by atoms with van der Waals surface area (Å²) in [5.41, 5.74) is 1.01. The predicted molar refractivity (Wildman–Crippen MR) is 84.8 cm³/mol.